The van der Waals surface area contributed by atoms with Crippen molar-refractivity contribution in [3.63, 3.8) is 0 Å². The molecular weight excluding hydrogens is 404 g/mol. The third-order valence-electron chi connectivity index (χ3n) is 5.13. The Balaban J connectivity index is 1.70. The molecule has 1 saturated heterocycles. The molecule has 2 aromatic rings. The Kier molecular flexibility index (Phi) is 6.99. The highest BCUT2D eigenvalue weighted by atomic mass is 32.1. The van der Waals surface area contributed by atoms with Crippen LogP contribution in [0.3, 0.4) is 0 Å². The lowest BCUT2D eigenvalue weighted by Crippen LogP contribution is -2.45. The molecule has 1 aliphatic heterocycles. The van der Waals surface area contributed by atoms with Crippen molar-refractivity contribution < 1.29 is 14.4 Å². The van der Waals surface area contributed by atoms with Crippen molar-refractivity contribution in [2.45, 2.75) is 32.2 Å². The van der Waals surface area contributed by atoms with Gasteiger partial charge in [0.05, 0.1) is 22.2 Å². The maximum absolute atomic E-state index is 13.1. The van der Waals surface area contributed by atoms with Gasteiger partial charge in [-0.25, -0.2) is 4.98 Å². The molecule has 1 unspecified atom stereocenters. The van der Waals surface area contributed by atoms with Gasteiger partial charge in [-0.15, -0.1) is 11.3 Å². The number of ketones is 1. The number of para-hydroxylation sites is 1. The van der Waals surface area contributed by atoms with Gasteiger partial charge in [0.25, 0.3) is 0 Å². The van der Waals surface area contributed by atoms with Crippen molar-refractivity contribution >= 4 is 45.1 Å². The second-order valence-electron chi connectivity index (χ2n) is 7.35. The number of thiazole rings is 1. The van der Waals surface area contributed by atoms with Crippen LogP contribution in [0.15, 0.2) is 24.3 Å². The Morgan fingerprint density at radius 1 is 1.37 bits per heavy atom. The summed E-state index contributed by atoms with van der Waals surface area (Å²) in [6, 6.07) is 6.79. The summed E-state index contributed by atoms with van der Waals surface area (Å²) >= 11 is 1.31. The highest BCUT2D eigenvalue weighted by molar-refractivity contribution is 7.20. The van der Waals surface area contributed by atoms with E-state index in [2.05, 4.69) is 15.6 Å². The van der Waals surface area contributed by atoms with E-state index in [0.717, 1.165) is 10.2 Å². The number of fused-ring (bicyclic) bond motifs is 1. The van der Waals surface area contributed by atoms with E-state index in [0.29, 0.717) is 43.9 Å². The third-order valence-corrected chi connectivity index (χ3v) is 6.18. The fourth-order valence-corrected chi connectivity index (χ4v) is 4.43. The molecule has 0 aliphatic carbocycles. The number of amides is 2. The Labute approximate surface area is 178 Å². The van der Waals surface area contributed by atoms with Crippen molar-refractivity contribution in [1.82, 2.24) is 20.5 Å². The maximum Gasteiger partial charge on any atom is 0.225 e. The van der Waals surface area contributed by atoms with E-state index < -0.39 is 6.04 Å². The number of Topliss-reactive ketones (excluding diaryl/α,β-unsaturated/α-hetero) is 1. The number of benzene rings is 1. The van der Waals surface area contributed by atoms with Gasteiger partial charge in [0.2, 0.25) is 17.6 Å². The van der Waals surface area contributed by atoms with E-state index in [4.69, 9.17) is 11.1 Å². The van der Waals surface area contributed by atoms with Crippen molar-refractivity contribution in [3.05, 3.63) is 29.3 Å². The quantitative estimate of drug-likeness (QED) is 0.214. The average molecular weight is 431 g/mol. The first-order valence-electron chi connectivity index (χ1n) is 9.88. The van der Waals surface area contributed by atoms with Crippen LogP contribution in [-0.2, 0) is 9.59 Å². The molecule has 1 aliphatic rings. The van der Waals surface area contributed by atoms with Gasteiger partial charge in [-0.05, 0) is 31.4 Å². The minimum atomic E-state index is -0.724. The molecule has 30 heavy (non-hydrogen) atoms. The summed E-state index contributed by atoms with van der Waals surface area (Å²) in [6.07, 6.45) is 1.52. The first-order valence-corrected chi connectivity index (χ1v) is 10.7. The molecule has 9 nitrogen and oxygen atoms in total. The Morgan fingerprint density at radius 2 is 2.13 bits per heavy atom. The predicted molar refractivity (Wildman–Crippen MR) is 115 cm³/mol. The van der Waals surface area contributed by atoms with Crippen LogP contribution >= 0.6 is 11.3 Å². The molecule has 1 fully saturated rings. The van der Waals surface area contributed by atoms with E-state index in [-0.39, 0.29) is 29.5 Å². The predicted octanol–water partition coefficient (Wildman–Crippen LogP) is 1.10. The fraction of sp³-hybridized carbons (Fsp3) is 0.450. The summed E-state index contributed by atoms with van der Waals surface area (Å²) in [6.45, 7) is 2.83. The topological polar surface area (TPSA) is 141 Å². The molecule has 2 heterocycles. The molecule has 2 atom stereocenters. The molecular formula is C20H26N6O3S. The van der Waals surface area contributed by atoms with Gasteiger partial charge in [0.15, 0.2) is 11.0 Å². The minimum Gasteiger partial charge on any atom is -0.370 e. The largest absolute Gasteiger partial charge is 0.370 e. The number of aromatic nitrogens is 1. The van der Waals surface area contributed by atoms with Crippen LogP contribution in [0.4, 0.5) is 0 Å². The number of nitrogens with zero attached hydrogens (tertiary/aromatic N) is 2. The van der Waals surface area contributed by atoms with Crippen LogP contribution in [-0.4, -0.2) is 59.1 Å². The number of hydrogen-bond donors (Lipinski definition) is 4. The van der Waals surface area contributed by atoms with Gasteiger partial charge < -0.3 is 21.3 Å². The molecule has 0 spiro atoms. The van der Waals surface area contributed by atoms with Crippen molar-refractivity contribution in [1.29, 1.82) is 5.41 Å². The van der Waals surface area contributed by atoms with Gasteiger partial charge in [0, 0.05) is 26.6 Å². The lowest BCUT2D eigenvalue weighted by Gasteiger charge is -2.19. The highest BCUT2D eigenvalue weighted by Gasteiger charge is 2.32. The standard InChI is InChI=1S/C20H26N6O3S/c1-12(27)26-10-8-13(11-26)18(29)24-15(6-4-9-23-20(21)22)17(28)19-25-14-5-2-3-7-16(14)30-19/h2-3,5,7,13,15H,4,6,8-11H2,1H3,(H,24,29)(H4,21,22,23)/t13-,15?/m0/s1. The number of carbonyl (C=O) groups excluding carboxylic acids is 3. The summed E-state index contributed by atoms with van der Waals surface area (Å²) in [4.78, 5) is 43.5. The van der Waals surface area contributed by atoms with E-state index in [9.17, 15) is 14.4 Å². The molecule has 3 rings (SSSR count). The number of hydrogen-bond acceptors (Lipinski definition) is 6. The van der Waals surface area contributed by atoms with Gasteiger partial charge in [-0.2, -0.15) is 0 Å². The summed E-state index contributed by atoms with van der Waals surface area (Å²) in [5.41, 5.74) is 6.05. The van der Waals surface area contributed by atoms with Crippen LogP contribution in [0.5, 0.6) is 0 Å². The Morgan fingerprint density at radius 3 is 2.80 bits per heavy atom. The van der Waals surface area contributed by atoms with Crippen LogP contribution < -0.4 is 16.4 Å². The second kappa shape index (κ2) is 9.66. The molecule has 1 aromatic heterocycles. The van der Waals surface area contributed by atoms with Crippen LogP contribution in [0, 0.1) is 11.3 Å². The van der Waals surface area contributed by atoms with Crippen molar-refractivity contribution in [3.8, 4) is 0 Å². The number of rotatable bonds is 8. The molecule has 0 radical (unpaired) electrons. The van der Waals surface area contributed by atoms with Crippen LogP contribution in [0.2, 0.25) is 0 Å². The number of nitrogens with one attached hydrogen (secondary N) is 3. The van der Waals surface area contributed by atoms with E-state index in [1.165, 1.54) is 18.3 Å². The van der Waals surface area contributed by atoms with Crippen LogP contribution in [0.1, 0.15) is 36.0 Å². The summed E-state index contributed by atoms with van der Waals surface area (Å²) in [7, 11) is 0. The zero-order chi connectivity index (χ0) is 21.7. The monoisotopic (exact) mass is 430 g/mol. The third kappa shape index (κ3) is 5.32. The van der Waals surface area contributed by atoms with E-state index in [1.807, 2.05) is 24.3 Å². The Hall–Kier alpha value is -3.01. The van der Waals surface area contributed by atoms with Gasteiger partial charge in [-0.3, -0.25) is 19.8 Å². The average Bonchev–Trinajstić information content (AvgIpc) is 3.36. The number of likely N-dealkylation sites (tertiary alicyclic amines) is 1. The SMILES string of the molecule is CC(=O)N1CC[C@H](C(=O)NC(CCCNC(=N)N)C(=O)c2nc3ccccc3s2)C1. The number of guanidine groups is 1. The van der Waals surface area contributed by atoms with Crippen molar-refractivity contribution in [2.75, 3.05) is 19.6 Å². The summed E-state index contributed by atoms with van der Waals surface area (Å²) < 4.78 is 0.914. The second-order valence-corrected chi connectivity index (χ2v) is 8.38. The maximum atomic E-state index is 13.1. The molecule has 0 saturated carbocycles. The molecule has 2 amide bonds. The number of nitrogens with two attached hydrogens (primary N) is 1. The zero-order valence-corrected chi connectivity index (χ0v) is 17.6. The minimum absolute atomic E-state index is 0.0530. The van der Waals surface area contributed by atoms with Gasteiger partial charge >= 0.3 is 0 Å². The molecule has 10 heteroatoms. The molecule has 5 N–H and O–H groups in total. The normalized spacial score (nSPS) is 17.0. The Bertz CT molecular complexity index is 926. The van der Waals surface area contributed by atoms with E-state index >= 15 is 0 Å². The summed E-state index contributed by atoms with van der Waals surface area (Å²) in [5, 5.41) is 13.2. The van der Waals surface area contributed by atoms with Crippen molar-refractivity contribution in [2.24, 2.45) is 11.7 Å². The highest BCUT2D eigenvalue weighted by Crippen LogP contribution is 2.24. The lowest BCUT2D eigenvalue weighted by atomic mass is 10.0. The lowest BCUT2D eigenvalue weighted by molar-refractivity contribution is -0.128. The first-order chi connectivity index (χ1) is 14.3. The summed E-state index contributed by atoms with van der Waals surface area (Å²) in [5.74, 6) is -0.965. The van der Waals surface area contributed by atoms with E-state index in [1.54, 1.807) is 4.90 Å². The first kappa shape index (κ1) is 21.7. The molecule has 0 bridgehead atoms. The van der Waals surface area contributed by atoms with Gasteiger partial charge in [-0.1, -0.05) is 12.1 Å². The zero-order valence-electron chi connectivity index (χ0n) is 16.8. The van der Waals surface area contributed by atoms with Crippen LogP contribution in [0.25, 0.3) is 10.2 Å². The molecule has 160 valence electrons. The van der Waals surface area contributed by atoms with Gasteiger partial charge in [0.1, 0.15) is 0 Å². The molecule has 1 aromatic carbocycles. The fourth-order valence-electron chi connectivity index (χ4n) is 3.47. The smallest absolute Gasteiger partial charge is 0.225 e. The number of carbonyl (C=O) groups is 3.